The molecule has 2 heteroatoms. The van der Waals surface area contributed by atoms with Crippen molar-refractivity contribution < 1.29 is 31.9 Å². The molecule has 0 nitrogen and oxygen atoms in total. The third-order valence-corrected chi connectivity index (χ3v) is 0. The van der Waals surface area contributed by atoms with Gasteiger partial charge in [-0.15, -0.1) is 6.58 Å². The van der Waals surface area contributed by atoms with Crippen LogP contribution in [0.1, 0.15) is 0 Å². The third-order valence-electron chi connectivity index (χ3n) is 0. The number of hydrogen-bond donors (Lipinski definition) is 0. The summed E-state index contributed by atoms with van der Waals surface area (Å²) in [7, 11) is 0. The zero-order valence-electron chi connectivity index (χ0n) is 3.08. The van der Waals surface area contributed by atoms with Crippen molar-refractivity contribution in [3.05, 3.63) is 19.6 Å². The Bertz CT molecular complexity index is 14.4. The Morgan fingerprint density at radius 2 is 1.40 bits per heavy atom. The maximum Gasteiger partial charge on any atom is 0 e. The molecule has 0 amide bonds. The van der Waals surface area contributed by atoms with E-state index >= 15 is 0 Å². The molecular formula is C3H5ClZn-. The van der Waals surface area contributed by atoms with Crippen molar-refractivity contribution in [2.45, 2.75) is 0 Å². The van der Waals surface area contributed by atoms with Crippen LogP contribution in [0.25, 0.3) is 0 Å². The van der Waals surface area contributed by atoms with Crippen LogP contribution in [0.5, 0.6) is 0 Å². The summed E-state index contributed by atoms with van der Waals surface area (Å²) in [5.74, 6) is 0. The smallest absolute Gasteiger partial charge is 0 e. The van der Waals surface area contributed by atoms with E-state index in [1.165, 1.54) is 6.08 Å². The Hall–Kier alpha value is 0.653. The molecular weight excluding hydrogens is 137 g/mol. The molecule has 0 aliphatic heterocycles. The van der Waals surface area contributed by atoms with Crippen LogP contribution in [0.15, 0.2) is 12.7 Å². The van der Waals surface area contributed by atoms with Gasteiger partial charge >= 0.3 is 0 Å². The summed E-state index contributed by atoms with van der Waals surface area (Å²) in [6.07, 6.45) is 1.50. The van der Waals surface area contributed by atoms with Crippen LogP contribution < -0.4 is 12.4 Å². The van der Waals surface area contributed by atoms with Crippen molar-refractivity contribution in [3.63, 3.8) is 0 Å². The fourth-order valence-corrected chi connectivity index (χ4v) is 0. The molecule has 0 rings (SSSR count). The maximum absolute atomic E-state index is 3.25. The summed E-state index contributed by atoms with van der Waals surface area (Å²) in [4.78, 5) is 0. The summed E-state index contributed by atoms with van der Waals surface area (Å²) in [5.41, 5.74) is 0. The van der Waals surface area contributed by atoms with E-state index in [-0.39, 0.29) is 31.9 Å². The Morgan fingerprint density at radius 3 is 1.40 bits per heavy atom. The minimum absolute atomic E-state index is 0. The van der Waals surface area contributed by atoms with E-state index < -0.39 is 0 Å². The molecule has 0 aliphatic carbocycles. The first-order valence-electron chi connectivity index (χ1n) is 0.816. The molecule has 0 spiro atoms. The van der Waals surface area contributed by atoms with Crippen LogP contribution in [-0.4, -0.2) is 0 Å². The molecule has 0 saturated heterocycles. The zero-order valence-corrected chi connectivity index (χ0v) is 6.80. The van der Waals surface area contributed by atoms with Crippen LogP contribution in [0.4, 0.5) is 0 Å². The second kappa shape index (κ2) is 22.7. The standard InChI is InChI=1S/C3H5.ClH.Zn/c1-3-2;;/h3H,1-2H2;1H;/p-1. The van der Waals surface area contributed by atoms with Gasteiger partial charge in [-0.05, 0) is 6.92 Å². The summed E-state index contributed by atoms with van der Waals surface area (Å²) < 4.78 is 0. The van der Waals surface area contributed by atoms with E-state index in [0.29, 0.717) is 0 Å². The summed E-state index contributed by atoms with van der Waals surface area (Å²) in [6, 6.07) is 0. The molecule has 0 N–H and O–H groups in total. The van der Waals surface area contributed by atoms with Gasteiger partial charge in [0.2, 0.25) is 0 Å². The molecule has 1 radical (unpaired) electrons. The van der Waals surface area contributed by atoms with Crippen molar-refractivity contribution in [1.82, 2.24) is 0 Å². The fraction of sp³-hybridized carbons (Fsp3) is 0. The Kier molecular flexibility index (Phi) is 79.0. The van der Waals surface area contributed by atoms with Gasteiger partial charge in [0.15, 0.2) is 0 Å². The molecule has 27 valence electrons. The number of halogens is 1. The molecule has 0 saturated carbocycles. The summed E-state index contributed by atoms with van der Waals surface area (Å²) >= 11 is 0. The first kappa shape index (κ1) is 17.4. The van der Waals surface area contributed by atoms with Gasteiger partial charge in [0.1, 0.15) is 0 Å². The normalized spacial score (nSPS) is 2.60. The van der Waals surface area contributed by atoms with Gasteiger partial charge in [0, 0.05) is 19.5 Å². The second-order valence-corrected chi connectivity index (χ2v) is 0.289. The van der Waals surface area contributed by atoms with Gasteiger partial charge in [-0.3, -0.25) is 0 Å². The van der Waals surface area contributed by atoms with E-state index in [0.717, 1.165) is 0 Å². The third kappa shape index (κ3) is 76.7. The topological polar surface area (TPSA) is 0 Å². The molecule has 0 aromatic carbocycles. The molecule has 0 unspecified atom stereocenters. The van der Waals surface area contributed by atoms with Crippen molar-refractivity contribution in [1.29, 1.82) is 0 Å². The van der Waals surface area contributed by atoms with Gasteiger partial charge < -0.3 is 12.4 Å². The number of rotatable bonds is 0. The fourth-order valence-electron chi connectivity index (χ4n) is 0. The quantitative estimate of drug-likeness (QED) is 0.343. The van der Waals surface area contributed by atoms with Crippen molar-refractivity contribution in [2.24, 2.45) is 0 Å². The van der Waals surface area contributed by atoms with Gasteiger partial charge in [0.25, 0.3) is 0 Å². The van der Waals surface area contributed by atoms with E-state index in [1.54, 1.807) is 0 Å². The number of allylic oxidation sites excluding steroid dienone is 1. The Balaban J connectivity index is -0.0000000200. The van der Waals surface area contributed by atoms with Gasteiger partial charge in [-0.2, -0.15) is 0 Å². The average molecular weight is 142 g/mol. The van der Waals surface area contributed by atoms with Crippen molar-refractivity contribution >= 4 is 0 Å². The summed E-state index contributed by atoms with van der Waals surface area (Å²) in [5, 5.41) is 0. The van der Waals surface area contributed by atoms with Crippen LogP contribution in [-0.2, 0) is 19.5 Å². The van der Waals surface area contributed by atoms with Gasteiger partial charge in [-0.1, -0.05) is 6.08 Å². The Morgan fingerprint density at radius 1 is 1.40 bits per heavy atom. The van der Waals surface area contributed by atoms with Gasteiger partial charge in [-0.25, -0.2) is 0 Å². The van der Waals surface area contributed by atoms with Crippen molar-refractivity contribution in [3.8, 4) is 0 Å². The zero-order chi connectivity index (χ0) is 2.71. The predicted molar refractivity (Wildman–Crippen MR) is 15.6 cm³/mol. The number of hydrogen-bond acceptors (Lipinski definition) is 0. The SMILES string of the molecule is [CH2]C=C.[Cl-].[Zn]. The molecule has 0 bridgehead atoms. The monoisotopic (exact) mass is 140 g/mol. The molecule has 0 fully saturated rings. The molecule has 0 aromatic heterocycles. The van der Waals surface area contributed by atoms with E-state index in [4.69, 9.17) is 0 Å². The first-order chi connectivity index (χ1) is 1.41. The minimum Gasteiger partial charge on any atom is -1.00 e. The second-order valence-electron chi connectivity index (χ2n) is 0.289. The predicted octanol–water partition coefficient (Wildman–Crippen LogP) is -1.99. The van der Waals surface area contributed by atoms with Crippen LogP contribution in [0.3, 0.4) is 0 Å². The molecule has 5 heavy (non-hydrogen) atoms. The summed E-state index contributed by atoms with van der Waals surface area (Å²) in [6.45, 7) is 6.50. The van der Waals surface area contributed by atoms with Crippen molar-refractivity contribution in [2.75, 3.05) is 0 Å². The van der Waals surface area contributed by atoms with E-state index in [9.17, 15) is 0 Å². The molecule has 0 aromatic rings. The van der Waals surface area contributed by atoms with Crippen LogP contribution >= 0.6 is 0 Å². The van der Waals surface area contributed by atoms with Crippen LogP contribution in [0, 0.1) is 6.92 Å². The first-order valence-corrected chi connectivity index (χ1v) is 0.816. The van der Waals surface area contributed by atoms with Gasteiger partial charge in [0.05, 0.1) is 0 Å². The van der Waals surface area contributed by atoms with E-state index in [1.807, 2.05) is 0 Å². The molecule has 0 heterocycles. The van der Waals surface area contributed by atoms with E-state index in [2.05, 4.69) is 13.5 Å². The molecule has 0 aliphatic rings. The van der Waals surface area contributed by atoms with Crippen LogP contribution in [0.2, 0.25) is 0 Å². The average Bonchev–Trinajstić information content (AvgIpc) is 0.918. The largest absolute Gasteiger partial charge is 1.00 e. The molecule has 0 atom stereocenters. The minimum atomic E-state index is 0. The Labute approximate surface area is 51.8 Å². The maximum atomic E-state index is 3.25.